The first kappa shape index (κ1) is 20.8. The summed E-state index contributed by atoms with van der Waals surface area (Å²) in [5, 5.41) is 10.9. The number of likely N-dealkylation sites (tertiary alicyclic amines) is 1. The van der Waals surface area contributed by atoms with Crippen LogP contribution >= 0.6 is 0 Å². The predicted octanol–water partition coefficient (Wildman–Crippen LogP) is 4.23. The van der Waals surface area contributed by atoms with Gasteiger partial charge in [0, 0.05) is 18.7 Å². The second-order valence-electron chi connectivity index (χ2n) is 7.54. The van der Waals surface area contributed by atoms with Crippen molar-refractivity contribution in [1.82, 2.24) is 4.90 Å². The Bertz CT molecular complexity index is 900. The summed E-state index contributed by atoms with van der Waals surface area (Å²) in [6.45, 7) is 6.74. The predicted molar refractivity (Wildman–Crippen MR) is 112 cm³/mol. The average molecular weight is 393 g/mol. The number of rotatable bonds is 7. The highest BCUT2D eigenvalue weighted by Crippen LogP contribution is 2.39. The zero-order valence-electron chi connectivity index (χ0n) is 17.1. The fraction of sp³-hybridized carbons (Fsp3) is 0.333. The van der Waals surface area contributed by atoms with Crippen LogP contribution in [0.3, 0.4) is 0 Å². The lowest BCUT2D eigenvalue weighted by Gasteiger charge is -2.25. The number of amides is 1. The number of aliphatic hydroxyl groups excluding tert-OH is 1. The number of benzene rings is 2. The zero-order valence-corrected chi connectivity index (χ0v) is 17.1. The number of hydrogen-bond acceptors (Lipinski definition) is 4. The van der Waals surface area contributed by atoms with Crippen molar-refractivity contribution in [3.63, 3.8) is 0 Å². The highest BCUT2D eigenvalue weighted by Gasteiger charge is 2.45. The summed E-state index contributed by atoms with van der Waals surface area (Å²) in [6.07, 6.45) is 0.718. The molecule has 1 atom stereocenters. The van der Waals surface area contributed by atoms with E-state index in [0.29, 0.717) is 25.1 Å². The van der Waals surface area contributed by atoms with Crippen molar-refractivity contribution in [2.75, 3.05) is 13.2 Å². The fourth-order valence-electron chi connectivity index (χ4n) is 3.51. The normalized spacial score (nSPS) is 18.6. The second kappa shape index (κ2) is 9.05. The molecule has 1 aliphatic heterocycles. The molecule has 0 aromatic heterocycles. The standard InChI is InChI=1S/C24H27NO4/c1-16(2)29-15-7-14-25-21(18-8-5-4-6-9-18)20(23(27)24(25)28)22(26)19-12-10-17(3)11-13-19/h4-6,8-13,16,21,26H,7,14-15H2,1-3H3/t21-/m1/s1. The van der Waals surface area contributed by atoms with Crippen molar-refractivity contribution in [1.29, 1.82) is 0 Å². The monoisotopic (exact) mass is 393 g/mol. The van der Waals surface area contributed by atoms with Crippen LogP contribution in [0.2, 0.25) is 0 Å². The molecule has 2 aromatic carbocycles. The van der Waals surface area contributed by atoms with Crippen molar-refractivity contribution in [2.45, 2.75) is 39.3 Å². The molecule has 0 bridgehead atoms. The quantitative estimate of drug-likeness (QED) is 0.331. The SMILES string of the molecule is Cc1ccc(C(O)=C2C(=O)C(=O)N(CCCOC(C)C)[C@@H]2c2ccccc2)cc1. The molecule has 0 spiro atoms. The highest BCUT2D eigenvalue weighted by atomic mass is 16.5. The lowest BCUT2D eigenvalue weighted by atomic mass is 9.95. The smallest absolute Gasteiger partial charge is 0.295 e. The maximum absolute atomic E-state index is 12.9. The summed E-state index contributed by atoms with van der Waals surface area (Å²) in [5.74, 6) is -1.38. The van der Waals surface area contributed by atoms with Gasteiger partial charge in [-0.25, -0.2) is 0 Å². The van der Waals surface area contributed by atoms with Crippen molar-refractivity contribution < 1.29 is 19.4 Å². The first-order valence-electron chi connectivity index (χ1n) is 9.92. The number of carbonyl (C=O) groups excluding carboxylic acids is 2. The van der Waals surface area contributed by atoms with Crippen molar-refractivity contribution in [3.8, 4) is 0 Å². The Morgan fingerprint density at radius 3 is 2.34 bits per heavy atom. The minimum absolute atomic E-state index is 0.108. The van der Waals surface area contributed by atoms with E-state index in [2.05, 4.69) is 0 Å². The van der Waals surface area contributed by atoms with E-state index in [4.69, 9.17) is 4.74 Å². The molecule has 0 aliphatic carbocycles. The Balaban J connectivity index is 1.99. The van der Waals surface area contributed by atoms with Crippen LogP contribution in [0.25, 0.3) is 5.76 Å². The van der Waals surface area contributed by atoms with Crippen molar-refractivity contribution >= 4 is 17.4 Å². The number of hydrogen-bond donors (Lipinski definition) is 1. The van der Waals surface area contributed by atoms with Crippen molar-refractivity contribution in [2.24, 2.45) is 0 Å². The molecule has 0 saturated carbocycles. The Kier molecular flexibility index (Phi) is 6.49. The number of Topliss-reactive ketones (excluding diaryl/α,β-unsaturated/α-hetero) is 1. The lowest BCUT2D eigenvalue weighted by Crippen LogP contribution is -2.31. The second-order valence-corrected chi connectivity index (χ2v) is 7.54. The van der Waals surface area contributed by atoms with Crippen LogP contribution in [0.15, 0.2) is 60.2 Å². The van der Waals surface area contributed by atoms with Gasteiger partial charge >= 0.3 is 0 Å². The summed E-state index contributed by atoms with van der Waals surface area (Å²) in [4.78, 5) is 27.2. The summed E-state index contributed by atoms with van der Waals surface area (Å²) in [7, 11) is 0. The van der Waals surface area contributed by atoms with E-state index < -0.39 is 17.7 Å². The van der Waals surface area contributed by atoms with Gasteiger partial charge in [-0.05, 0) is 32.8 Å². The van der Waals surface area contributed by atoms with Crippen molar-refractivity contribution in [3.05, 3.63) is 76.9 Å². The number of aryl methyl sites for hydroxylation is 1. The van der Waals surface area contributed by atoms with Gasteiger partial charge in [-0.2, -0.15) is 0 Å². The Hall–Kier alpha value is -2.92. The van der Waals surface area contributed by atoms with Crippen LogP contribution in [-0.4, -0.2) is 41.0 Å². The maximum atomic E-state index is 12.9. The Morgan fingerprint density at radius 1 is 1.07 bits per heavy atom. The van der Waals surface area contributed by atoms with Gasteiger partial charge in [-0.1, -0.05) is 60.2 Å². The molecule has 152 valence electrons. The van der Waals surface area contributed by atoms with Gasteiger partial charge in [0.1, 0.15) is 5.76 Å². The largest absolute Gasteiger partial charge is 0.507 e. The number of ketones is 1. The highest BCUT2D eigenvalue weighted by molar-refractivity contribution is 6.46. The number of aliphatic hydroxyl groups is 1. The average Bonchev–Trinajstić information content (AvgIpc) is 2.96. The molecule has 1 aliphatic rings. The molecule has 5 heteroatoms. The molecule has 2 aromatic rings. The zero-order chi connectivity index (χ0) is 21.0. The molecular weight excluding hydrogens is 366 g/mol. The van der Waals surface area contributed by atoms with Crippen LogP contribution in [-0.2, 0) is 14.3 Å². The lowest BCUT2D eigenvalue weighted by molar-refractivity contribution is -0.140. The van der Waals surface area contributed by atoms with Crippen LogP contribution in [0.4, 0.5) is 0 Å². The van der Waals surface area contributed by atoms with E-state index >= 15 is 0 Å². The van der Waals surface area contributed by atoms with E-state index in [1.807, 2.05) is 63.2 Å². The van der Waals surface area contributed by atoms with Crippen LogP contribution < -0.4 is 0 Å². The van der Waals surface area contributed by atoms with Gasteiger partial charge in [-0.15, -0.1) is 0 Å². The van der Waals surface area contributed by atoms with Crippen LogP contribution in [0.1, 0.15) is 43.0 Å². The minimum Gasteiger partial charge on any atom is -0.507 e. The molecule has 0 radical (unpaired) electrons. The van der Waals surface area contributed by atoms with E-state index in [1.54, 1.807) is 17.0 Å². The molecule has 0 unspecified atom stereocenters. The number of nitrogens with zero attached hydrogens (tertiary/aromatic N) is 1. The topological polar surface area (TPSA) is 66.8 Å². The van der Waals surface area contributed by atoms with Gasteiger partial charge in [0.15, 0.2) is 0 Å². The first-order valence-corrected chi connectivity index (χ1v) is 9.92. The summed E-state index contributed by atoms with van der Waals surface area (Å²) < 4.78 is 5.58. The molecule has 1 heterocycles. The van der Waals surface area contributed by atoms with E-state index in [-0.39, 0.29) is 17.4 Å². The Morgan fingerprint density at radius 2 is 1.72 bits per heavy atom. The third-order valence-electron chi connectivity index (χ3n) is 4.97. The first-order chi connectivity index (χ1) is 13.9. The van der Waals surface area contributed by atoms with Crippen LogP contribution in [0.5, 0.6) is 0 Å². The summed E-state index contributed by atoms with van der Waals surface area (Å²) in [5.41, 5.74) is 2.50. The Labute approximate surface area is 171 Å². The third-order valence-corrected chi connectivity index (χ3v) is 4.97. The molecule has 1 amide bonds. The molecule has 1 fully saturated rings. The number of ether oxygens (including phenoxy) is 1. The van der Waals surface area contributed by atoms with E-state index in [0.717, 1.165) is 11.1 Å². The summed E-state index contributed by atoms with van der Waals surface area (Å²) in [6, 6.07) is 16.0. The minimum atomic E-state index is -0.651. The number of carbonyl (C=O) groups is 2. The fourth-order valence-corrected chi connectivity index (χ4v) is 3.51. The molecule has 29 heavy (non-hydrogen) atoms. The van der Waals surface area contributed by atoms with Crippen LogP contribution in [0, 0.1) is 6.92 Å². The molecule has 3 rings (SSSR count). The van der Waals surface area contributed by atoms with E-state index in [1.165, 1.54) is 0 Å². The van der Waals surface area contributed by atoms with Gasteiger partial charge in [-0.3, -0.25) is 9.59 Å². The van der Waals surface area contributed by atoms with Gasteiger partial charge in [0.2, 0.25) is 0 Å². The molecular formula is C24H27NO4. The van der Waals surface area contributed by atoms with Gasteiger partial charge < -0.3 is 14.7 Å². The van der Waals surface area contributed by atoms with Gasteiger partial charge in [0.25, 0.3) is 11.7 Å². The van der Waals surface area contributed by atoms with Gasteiger partial charge in [0.05, 0.1) is 17.7 Å². The third kappa shape index (κ3) is 4.57. The molecule has 1 saturated heterocycles. The maximum Gasteiger partial charge on any atom is 0.295 e. The molecule has 5 nitrogen and oxygen atoms in total. The summed E-state index contributed by atoms with van der Waals surface area (Å²) >= 11 is 0. The molecule has 1 N–H and O–H groups in total. The van der Waals surface area contributed by atoms with E-state index in [9.17, 15) is 14.7 Å².